The van der Waals surface area contributed by atoms with Gasteiger partial charge in [-0.25, -0.2) is 0 Å². The molecule has 0 bridgehead atoms. The molecule has 2 heteroatoms. The van der Waals surface area contributed by atoms with Crippen molar-refractivity contribution in [1.29, 1.82) is 0 Å². The number of nitrogens with zero attached hydrogens (tertiary/aromatic N) is 1. The molecule has 1 nitrogen and oxygen atoms in total. The van der Waals surface area contributed by atoms with Gasteiger partial charge < -0.3 is 0 Å². The molecule has 0 atom stereocenters. The van der Waals surface area contributed by atoms with Crippen molar-refractivity contribution >= 4 is 18.0 Å². The average molecular weight is 138 g/mol. The molecule has 1 heterocycles. The number of allylic oxidation sites excluding steroid dienone is 3. The largest absolute Gasteiger partial charge is 0.272 e. The van der Waals surface area contributed by atoms with E-state index >= 15 is 0 Å². The van der Waals surface area contributed by atoms with Gasteiger partial charge in [-0.05, 0) is 17.4 Å². The Hall–Kier alpha value is -0.500. The van der Waals surface area contributed by atoms with Gasteiger partial charge in [0.25, 0.3) is 0 Å². The molecule has 0 aromatic heterocycles. The van der Waals surface area contributed by atoms with Gasteiger partial charge in [-0.1, -0.05) is 6.08 Å². The molecule has 1 radical (unpaired) electrons. The van der Waals surface area contributed by atoms with Crippen LogP contribution in [-0.4, -0.2) is 12.1 Å². The summed E-state index contributed by atoms with van der Waals surface area (Å²) in [5.74, 6) is 0.819. The zero-order valence-electron chi connectivity index (χ0n) is 5.13. The first-order valence-electron chi connectivity index (χ1n) is 2.78. The summed E-state index contributed by atoms with van der Waals surface area (Å²) in [6, 6.07) is 0. The first kappa shape index (κ1) is 6.62. The summed E-state index contributed by atoms with van der Waals surface area (Å²) in [4.78, 5) is 5.22. The number of rotatable bonds is 2. The van der Waals surface area contributed by atoms with E-state index in [1.54, 1.807) is 11.8 Å². The predicted octanol–water partition coefficient (Wildman–Crippen LogP) is 2.10. The van der Waals surface area contributed by atoms with Crippen LogP contribution in [0.25, 0.3) is 0 Å². The fraction of sp³-hybridized carbons (Fsp3) is 0.286. The van der Waals surface area contributed by atoms with E-state index in [1.165, 1.54) is 4.91 Å². The van der Waals surface area contributed by atoms with Crippen molar-refractivity contribution in [2.24, 2.45) is 4.99 Å². The van der Waals surface area contributed by atoms with Gasteiger partial charge >= 0.3 is 0 Å². The van der Waals surface area contributed by atoms with Crippen molar-refractivity contribution in [3.05, 3.63) is 23.6 Å². The molecular weight excluding hydrogens is 130 g/mol. The van der Waals surface area contributed by atoms with Crippen molar-refractivity contribution in [1.82, 2.24) is 0 Å². The normalized spacial score (nSPS) is 17.1. The van der Waals surface area contributed by atoms with Crippen molar-refractivity contribution < 1.29 is 0 Å². The monoisotopic (exact) mass is 138 g/mol. The average Bonchev–Trinajstić information content (AvgIpc) is 1.91. The summed E-state index contributed by atoms with van der Waals surface area (Å²) in [6.45, 7) is 3.64. The summed E-state index contributed by atoms with van der Waals surface area (Å²) in [7, 11) is 0. The lowest BCUT2D eigenvalue weighted by atomic mass is 10.4. The SMILES string of the molecule is C=CCC1=C[C]=NCS1. The van der Waals surface area contributed by atoms with E-state index < -0.39 is 0 Å². The first-order chi connectivity index (χ1) is 4.43. The van der Waals surface area contributed by atoms with Crippen molar-refractivity contribution in [2.45, 2.75) is 6.42 Å². The van der Waals surface area contributed by atoms with Crippen LogP contribution in [0.1, 0.15) is 6.42 Å². The molecule has 0 N–H and O–H groups in total. The van der Waals surface area contributed by atoms with Crippen molar-refractivity contribution in [3.8, 4) is 0 Å². The Balaban J connectivity index is 2.47. The number of aliphatic imine (C=N–C) groups is 1. The molecule has 1 aliphatic heterocycles. The lowest BCUT2D eigenvalue weighted by Crippen LogP contribution is -1.85. The Bertz CT molecular complexity index is 158. The van der Waals surface area contributed by atoms with Gasteiger partial charge in [0.15, 0.2) is 0 Å². The number of hydrogen-bond donors (Lipinski definition) is 0. The van der Waals surface area contributed by atoms with E-state index in [-0.39, 0.29) is 0 Å². The lowest BCUT2D eigenvalue weighted by Gasteiger charge is -2.02. The fourth-order valence-corrected chi connectivity index (χ4v) is 1.25. The summed E-state index contributed by atoms with van der Waals surface area (Å²) in [5.41, 5.74) is 0. The highest BCUT2D eigenvalue weighted by Gasteiger charge is 1.96. The zero-order chi connectivity index (χ0) is 6.53. The maximum atomic E-state index is 3.91. The third-order valence-electron chi connectivity index (χ3n) is 0.977. The van der Waals surface area contributed by atoms with Crippen LogP contribution in [0, 0.1) is 0 Å². The molecule has 47 valence electrons. The van der Waals surface area contributed by atoms with Gasteiger partial charge in [-0.3, -0.25) is 4.99 Å². The van der Waals surface area contributed by atoms with Gasteiger partial charge in [0.2, 0.25) is 0 Å². The van der Waals surface area contributed by atoms with Crippen molar-refractivity contribution in [3.63, 3.8) is 0 Å². The smallest absolute Gasteiger partial charge is 0.0895 e. The van der Waals surface area contributed by atoms with Gasteiger partial charge in [-0.2, -0.15) is 0 Å². The predicted molar refractivity (Wildman–Crippen MR) is 42.8 cm³/mol. The highest BCUT2D eigenvalue weighted by Crippen LogP contribution is 2.21. The fourth-order valence-electron chi connectivity index (χ4n) is 0.572. The molecule has 0 saturated heterocycles. The second-order valence-electron chi connectivity index (χ2n) is 1.66. The van der Waals surface area contributed by atoms with Crippen LogP contribution in [0.2, 0.25) is 0 Å². The Morgan fingerprint density at radius 1 is 2.00 bits per heavy atom. The molecule has 9 heavy (non-hydrogen) atoms. The second-order valence-corrected chi connectivity index (χ2v) is 2.74. The molecule has 1 rings (SSSR count). The van der Waals surface area contributed by atoms with Gasteiger partial charge in [-0.15, -0.1) is 18.3 Å². The Morgan fingerprint density at radius 3 is 3.44 bits per heavy atom. The highest BCUT2D eigenvalue weighted by atomic mass is 32.2. The maximum absolute atomic E-state index is 3.91. The van der Waals surface area contributed by atoms with Gasteiger partial charge in [0.1, 0.15) is 0 Å². The van der Waals surface area contributed by atoms with Crippen LogP contribution in [0.4, 0.5) is 0 Å². The van der Waals surface area contributed by atoms with Crippen LogP contribution < -0.4 is 0 Å². The van der Waals surface area contributed by atoms with Crippen LogP contribution in [-0.2, 0) is 0 Å². The van der Waals surface area contributed by atoms with Crippen molar-refractivity contribution in [2.75, 3.05) is 5.88 Å². The summed E-state index contributed by atoms with van der Waals surface area (Å²) in [5, 5.41) is 0. The molecule has 0 aliphatic carbocycles. The zero-order valence-corrected chi connectivity index (χ0v) is 5.95. The minimum absolute atomic E-state index is 0.819. The third-order valence-corrected chi connectivity index (χ3v) is 1.89. The molecule has 0 spiro atoms. The summed E-state index contributed by atoms with van der Waals surface area (Å²) >= 11 is 1.75. The molecule has 1 aliphatic rings. The van der Waals surface area contributed by atoms with E-state index in [2.05, 4.69) is 17.8 Å². The number of thioether (sulfide) groups is 1. The quantitative estimate of drug-likeness (QED) is 0.532. The Morgan fingerprint density at radius 2 is 2.89 bits per heavy atom. The molecule has 0 amide bonds. The highest BCUT2D eigenvalue weighted by molar-refractivity contribution is 8.03. The Labute approximate surface area is 59.6 Å². The third kappa shape index (κ3) is 2.06. The maximum Gasteiger partial charge on any atom is 0.0895 e. The molecule has 0 fully saturated rings. The standard InChI is InChI=1S/C7H8NS/c1-2-3-7-4-5-8-6-9-7/h2,4H,1,3,6H2. The summed E-state index contributed by atoms with van der Waals surface area (Å²) < 4.78 is 0. The molecular formula is C7H8NS. The first-order valence-corrected chi connectivity index (χ1v) is 3.77. The lowest BCUT2D eigenvalue weighted by molar-refractivity contribution is 1.33. The van der Waals surface area contributed by atoms with Crippen LogP contribution >= 0.6 is 11.8 Å². The van der Waals surface area contributed by atoms with E-state index in [0.717, 1.165) is 12.3 Å². The topological polar surface area (TPSA) is 12.4 Å². The van der Waals surface area contributed by atoms with Gasteiger partial charge in [0.05, 0.1) is 12.1 Å². The second kappa shape index (κ2) is 3.51. The molecule has 0 unspecified atom stereocenters. The molecule has 0 aromatic carbocycles. The van der Waals surface area contributed by atoms with E-state index in [0.29, 0.717) is 0 Å². The van der Waals surface area contributed by atoms with Crippen LogP contribution in [0.5, 0.6) is 0 Å². The van der Waals surface area contributed by atoms with E-state index in [4.69, 9.17) is 0 Å². The molecule has 0 saturated carbocycles. The van der Waals surface area contributed by atoms with E-state index in [1.807, 2.05) is 12.2 Å². The van der Waals surface area contributed by atoms with Gasteiger partial charge in [0, 0.05) is 0 Å². The molecule has 0 aromatic rings. The minimum atomic E-state index is 0.819. The number of hydrogen-bond acceptors (Lipinski definition) is 2. The van der Waals surface area contributed by atoms with Crippen LogP contribution in [0.3, 0.4) is 0 Å². The van der Waals surface area contributed by atoms with E-state index in [9.17, 15) is 0 Å². The van der Waals surface area contributed by atoms with Crippen LogP contribution in [0.15, 0.2) is 28.6 Å². The summed E-state index contributed by atoms with van der Waals surface area (Å²) in [6.07, 6.45) is 7.57. The minimum Gasteiger partial charge on any atom is -0.272 e. The Kier molecular flexibility index (Phi) is 2.58.